The highest BCUT2D eigenvalue weighted by molar-refractivity contribution is 6.04. The van der Waals surface area contributed by atoms with E-state index in [1.807, 2.05) is 6.92 Å². The van der Waals surface area contributed by atoms with Crippen LogP contribution >= 0.6 is 0 Å². The Bertz CT molecular complexity index is 890. The second-order valence-electron chi connectivity index (χ2n) is 4.98. The Morgan fingerprint density at radius 1 is 1.29 bits per heavy atom. The van der Waals surface area contributed by atoms with Gasteiger partial charge >= 0.3 is 0 Å². The predicted molar refractivity (Wildman–Crippen MR) is 84.9 cm³/mol. The molecule has 0 aliphatic heterocycles. The lowest BCUT2D eigenvalue weighted by atomic mass is 10.1. The third-order valence-corrected chi connectivity index (χ3v) is 3.25. The molecular formula is C15H12N6O3. The standard InChI is InChI=1S/C15H12N6O3/c1-10-2-5-14(17-7-10)19-15(22)11-3-4-12(13(6-11)21(23)24)20-9-16-8-18-20/h2-9H,1H3,(H,17,19,22). The van der Waals surface area contributed by atoms with Gasteiger partial charge in [-0.3, -0.25) is 14.9 Å². The van der Waals surface area contributed by atoms with Crippen molar-refractivity contribution in [3.8, 4) is 5.69 Å². The molecule has 0 aliphatic carbocycles. The van der Waals surface area contributed by atoms with Crippen LogP contribution in [0.25, 0.3) is 5.69 Å². The minimum Gasteiger partial charge on any atom is -0.307 e. The summed E-state index contributed by atoms with van der Waals surface area (Å²) >= 11 is 0. The highest BCUT2D eigenvalue weighted by Crippen LogP contribution is 2.24. The fourth-order valence-corrected chi connectivity index (χ4v) is 2.07. The van der Waals surface area contributed by atoms with Gasteiger partial charge in [-0.25, -0.2) is 14.6 Å². The van der Waals surface area contributed by atoms with Crippen molar-refractivity contribution in [3.63, 3.8) is 0 Å². The number of anilines is 1. The predicted octanol–water partition coefficient (Wildman–Crippen LogP) is 2.13. The number of nitro benzene ring substituents is 1. The van der Waals surface area contributed by atoms with Crippen molar-refractivity contribution in [2.24, 2.45) is 0 Å². The van der Waals surface area contributed by atoms with E-state index in [2.05, 4.69) is 20.4 Å². The molecule has 9 heteroatoms. The Balaban J connectivity index is 1.91. The zero-order valence-electron chi connectivity index (χ0n) is 12.6. The van der Waals surface area contributed by atoms with Crippen molar-refractivity contribution < 1.29 is 9.72 Å². The molecule has 1 N–H and O–H groups in total. The number of hydrogen-bond acceptors (Lipinski definition) is 6. The van der Waals surface area contributed by atoms with Crippen LogP contribution in [-0.2, 0) is 0 Å². The highest BCUT2D eigenvalue weighted by atomic mass is 16.6. The second kappa shape index (κ2) is 6.24. The first kappa shape index (κ1) is 15.3. The summed E-state index contributed by atoms with van der Waals surface area (Å²) in [5, 5.41) is 17.8. The molecule has 0 unspecified atom stereocenters. The topological polar surface area (TPSA) is 116 Å². The van der Waals surface area contributed by atoms with Gasteiger partial charge in [-0.2, -0.15) is 5.10 Å². The van der Waals surface area contributed by atoms with E-state index in [1.165, 1.54) is 35.5 Å². The summed E-state index contributed by atoms with van der Waals surface area (Å²) in [5.41, 5.74) is 1.08. The zero-order valence-corrected chi connectivity index (χ0v) is 12.6. The van der Waals surface area contributed by atoms with Crippen molar-refractivity contribution in [2.75, 3.05) is 5.32 Å². The first-order chi connectivity index (χ1) is 11.5. The van der Waals surface area contributed by atoms with Crippen molar-refractivity contribution in [1.82, 2.24) is 19.7 Å². The Morgan fingerprint density at radius 3 is 2.75 bits per heavy atom. The van der Waals surface area contributed by atoms with E-state index in [0.717, 1.165) is 5.56 Å². The number of pyridine rings is 1. The maximum atomic E-state index is 12.3. The van der Waals surface area contributed by atoms with E-state index in [1.54, 1.807) is 18.3 Å². The van der Waals surface area contributed by atoms with Gasteiger partial charge in [0.05, 0.1) is 4.92 Å². The van der Waals surface area contributed by atoms with Crippen molar-refractivity contribution in [1.29, 1.82) is 0 Å². The van der Waals surface area contributed by atoms with Crippen LogP contribution in [-0.4, -0.2) is 30.6 Å². The van der Waals surface area contributed by atoms with Gasteiger partial charge in [0, 0.05) is 17.8 Å². The second-order valence-corrected chi connectivity index (χ2v) is 4.98. The first-order valence-corrected chi connectivity index (χ1v) is 6.92. The number of hydrogen-bond donors (Lipinski definition) is 1. The summed E-state index contributed by atoms with van der Waals surface area (Å²) in [6, 6.07) is 7.59. The van der Waals surface area contributed by atoms with Crippen LogP contribution in [0.3, 0.4) is 0 Å². The van der Waals surface area contributed by atoms with Crippen LogP contribution in [0.1, 0.15) is 15.9 Å². The van der Waals surface area contributed by atoms with E-state index in [4.69, 9.17) is 0 Å². The molecule has 2 aromatic heterocycles. The van der Waals surface area contributed by atoms with Gasteiger partial charge in [0.2, 0.25) is 0 Å². The fraction of sp³-hybridized carbons (Fsp3) is 0.0667. The maximum Gasteiger partial charge on any atom is 0.295 e. The number of carbonyl (C=O) groups is 1. The van der Waals surface area contributed by atoms with Gasteiger partial charge < -0.3 is 5.32 Å². The third kappa shape index (κ3) is 3.09. The number of carbonyl (C=O) groups excluding carboxylic acids is 1. The van der Waals surface area contributed by atoms with Gasteiger partial charge in [-0.1, -0.05) is 6.07 Å². The molecule has 24 heavy (non-hydrogen) atoms. The number of amides is 1. The molecule has 120 valence electrons. The quantitative estimate of drug-likeness (QED) is 0.580. The lowest BCUT2D eigenvalue weighted by Crippen LogP contribution is -2.14. The van der Waals surface area contributed by atoms with Gasteiger partial charge in [0.15, 0.2) is 0 Å². The summed E-state index contributed by atoms with van der Waals surface area (Å²) in [7, 11) is 0. The molecule has 0 saturated heterocycles. The summed E-state index contributed by atoms with van der Waals surface area (Å²) in [4.78, 5) is 30.8. The van der Waals surface area contributed by atoms with E-state index in [-0.39, 0.29) is 16.9 Å². The number of aryl methyl sites for hydroxylation is 1. The molecule has 0 radical (unpaired) electrons. The van der Waals surface area contributed by atoms with Crippen LogP contribution in [0.15, 0.2) is 49.2 Å². The highest BCUT2D eigenvalue weighted by Gasteiger charge is 2.19. The molecule has 0 aliphatic rings. The minimum atomic E-state index is -0.572. The Hall–Kier alpha value is -3.62. The fourth-order valence-electron chi connectivity index (χ4n) is 2.07. The van der Waals surface area contributed by atoms with E-state index < -0.39 is 10.8 Å². The van der Waals surface area contributed by atoms with Gasteiger partial charge in [-0.15, -0.1) is 0 Å². The summed E-state index contributed by atoms with van der Waals surface area (Å²) < 4.78 is 1.27. The van der Waals surface area contributed by atoms with Gasteiger partial charge in [0.1, 0.15) is 24.2 Å². The van der Waals surface area contributed by atoms with E-state index in [9.17, 15) is 14.9 Å². The lowest BCUT2D eigenvalue weighted by molar-refractivity contribution is -0.384. The number of nitrogens with one attached hydrogen (secondary N) is 1. The molecule has 3 aromatic rings. The number of nitro groups is 1. The SMILES string of the molecule is Cc1ccc(NC(=O)c2ccc(-n3cncn3)c([N+](=O)[O-])c2)nc1. The molecule has 2 heterocycles. The molecule has 0 atom stereocenters. The average molecular weight is 324 g/mol. The molecule has 9 nitrogen and oxygen atoms in total. The maximum absolute atomic E-state index is 12.3. The van der Waals surface area contributed by atoms with Crippen molar-refractivity contribution in [2.45, 2.75) is 6.92 Å². The first-order valence-electron chi connectivity index (χ1n) is 6.92. The van der Waals surface area contributed by atoms with Gasteiger partial charge in [0.25, 0.3) is 11.6 Å². The molecule has 0 spiro atoms. The average Bonchev–Trinajstić information content (AvgIpc) is 3.10. The summed E-state index contributed by atoms with van der Waals surface area (Å²) in [5.74, 6) is -0.117. The normalized spacial score (nSPS) is 10.4. The van der Waals surface area contributed by atoms with Crippen LogP contribution in [0, 0.1) is 17.0 Å². The van der Waals surface area contributed by atoms with Crippen LogP contribution < -0.4 is 5.32 Å². The van der Waals surface area contributed by atoms with Gasteiger partial charge in [-0.05, 0) is 30.7 Å². The molecule has 0 bridgehead atoms. The van der Waals surface area contributed by atoms with E-state index in [0.29, 0.717) is 5.82 Å². The Labute approximate surface area is 136 Å². The molecule has 1 amide bonds. The summed E-state index contributed by atoms with van der Waals surface area (Å²) in [6.07, 6.45) is 4.23. The molecular weight excluding hydrogens is 312 g/mol. The Kier molecular flexibility index (Phi) is 3.98. The molecule has 0 fully saturated rings. The third-order valence-electron chi connectivity index (χ3n) is 3.25. The van der Waals surface area contributed by atoms with Crippen LogP contribution in [0.2, 0.25) is 0 Å². The van der Waals surface area contributed by atoms with Crippen LogP contribution in [0.5, 0.6) is 0 Å². The largest absolute Gasteiger partial charge is 0.307 e. The minimum absolute atomic E-state index is 0.146. The number of nitrogens with zero attached hydrogens (tertiary/aromatic N) is 5. The lowest BCUT2D eigenvalue weighted by Gasteiger charge is -2.07. The van der Waals surface area contributed by atoms with Crippen molar-refractivity contribution >= 4 is 17.4 Å². The number of benzene rings is 1. The van der Waals surface area contributed by atoms with Crippen molar-refractivity contribution in [3.05, 3.63) is 70.4 Å². The van der Waals surface area contributed by atoms with Crippen LogP contribution in [0.4, 0.5) is 11.5 Å². The monoisotopic (exact) mass is 324 g/mol. The van der Waals surface area contributed by atoms with E-state index >= 15 is 0 Å². The number of aromatic nitrogens is 4. The molecule has 1 aromatic carbocycles. The Morgan fingerprint density at radius 2 is 2.12 bits per heavy atom. The zero-order chi connectivity index (χ0) is 17.1. The smallest absolute Gasteiger partial charge is 0.295 e. The summed E-state index contributed by atoms with van der Waals surface area (Å²) in [6.45, 7) is 1.88. The molecule has 0 saturated carbocycles. The number of rotatable bonds is 4. The molecule has 3 rings (SSSR count).